The van der Waals surface area contributed by atoms with E-state index in [0.29, 0.717) is 6.61 Å². The van der Waals surface area contributed by atoms with E-state index in [1.807, 2.05) is 13.8 Å². The first-order chi connectivity index (χ1) is 7.25. The topological polar surface area (TPSA) is 29.5 Å². The molecule has 1 saturated heterocycles. The van der Waals surface area contributed by atoms with Gasteiger partial charge < -0.3 is 4.74 Å². The summed E-state index contributed by atoms with van der Waals surface area (Å²) in [6.07, 6.45) is 6.37. The standard InChI is InChI=1S/C12H23NO2/c1-3-15-12(14)11(2)13-9-7-5-4-6-8-10-13/h11H,3-10H2,1-2H3. The molecule has 0 saturated carbocycles. The van der Waals surface area contributed by atoms with Crippen molar-refractivity contribution in [3.8, 4) is 0 Å². The van der Waals surface area contributed by atoms with E-state index in [1.54, 1.807) is 0 Å². The molecule has 0 aromatic rings. The van der Waals surface area contributed by atoms with Gasteiger partial charge in [0.2, 0.25) is 0 Å². The van der Waals surface area contributed by atoms with Gasteiger partial charge in [0.25, 0.3) is 0 Å². The van der Waals surface area contributed by atoms with Crippen LogP contribution in [0.25, 0.3) is 0 Å². The Labute approximate surface area is 92.8 Å². The quantitative estimate of drug-likeness (QED) is 0.673. The zero-order valence-corrected chi connectivity index (χ0v) is 10.00. The second-order valence-electron chi connectivity index (χ2n) is 4.23. The van der Waals surface area contributed by atoms with Crippen LogP contribution >= 0.6 is 0 Å². The van der Waals surface area contributed by atoms with Crippen molar-refractivity contribution in [3.05, 3.63) is 0 Å². The van der Waals surface area contributed by atoms with E-state index < -0.39 is 0 Å². The molecule has 1 fully saturated rings. The Morgan fingerprint density at radius 2 is 1.73 bits per heavy atom. The van der Waals surface area contributed by atoms with Gasteiger partial charge in [0.15, 0.2) is 0 Å². The van der Waals surface area contributed by atoms with Gasteiger partial charge in [-0.2, -0.15) is 0 Å². The largest absolute Gasteiger partial charge is 0.465 e. The third-order valence-electron chi connectivity index (χ3n) is 3.07. The second-order valence-corrected chi connectivity index (χ2v) is 4.23. The van der Waals surface area contributed by atoms with Gasteiger partial charge in [-0.3, -0.25) is 9.69 Å². The van der Waals surface area contributed by atoms with Gasteiger partial charge in [0.1, 0.15) is 6.04 Å². The minimum atomic E-state index is -0.0712. The Hall–Kier alpha value is -0.570. The van der Waals surface area contributed by atoms with Crippen molar-refractivity contribution in [2.75, 3.05) is 19.7 Å². The fourth-order valence-corrected chi connectivity index (χ4v) is 2.07. The highest BCUT2D eigenvalue weighted by molar-refractivity contribution is 5.75. The molecule has 0 radical (unpaired) electrons. The Balaban J connectivity index is 2.40. The van der Waals surface area contributed by atoms with Crippen LogP contribution in [-0.4, -0.2) is 36.6 Å². The van der Waals surface area contributed by atoms with Crippen LogP contribution in [0.2, 0.25) is 0 Å². The molecule has 3 heteroatoms. The van der Waals surface area contributed by atoms with E-state index in [9.17, 15) is 4.79 Å². The van der Waals surface area contributed by atoms with Crippen molar-refractivity contribution in [2.45, 2.75) is 52.0 Å². The molecule has 0 amide bonds. The highest BCUT2D eigenvalue weighted by Crippen LogP contribution is 2.13. The molecule has 0 bridgehead atoms. The van der Waals surface area contributed by atoms with Crippen LogP contribution in [-0.2, 0) is 9.53 Å². The molecule has 1 aliphatic rings. The van der Waals surface area contributed by atoms with Gasteiger partial charge in [0.05, 0.1) is 6.61 Å². The molecule has 1 heterocycles. The Morgan fingerprint density at radius 1 is 1.20 bits per heavy atom. The third-order valence-corrected chi connectivity index (χ3v) is 3.07. The molecule has 3 nitrogen and oxygen atoms in total. The molecule has 1 unspecified atom stereocenters. The van der Waals surface area contributed by atoms with Gasteiger partial charge in [0, 0.05) is 0 Å². The first kappa shape index (κ1) is 12.5. The number of likely N-dealkylation sites (tertiary alicyclic amines) is 1. The van der Waals surface area contributed by atoms with E-state index in [1.165, 1.54) is 32.1 Å². The fourth-order valence-electron chi connectivity index (χ4n) is 2.07. The van der Waals surface area contributed by atoms with Gasteiger partial charge in [-0.15, -0.1) is 0 Å². The van der Waals surface area contributed by atoms with E-state index >= 15 is 0 Å². The summed E-state index contributed by atoms with van der Waals surface area (Å²) in [6, 6.07) is -0.0666. The predicted octanol–water partition coefficient (Wildman–Crippen LogP) is 2.20. The van der Waals surface area contributed by atoms with E-state index in [4.69, 9.17) is 4.74 Å². The maximum Gasteiger partial charge on any atom is 0.323 e. The van der Waals surface area contributed by atoms with Crippen molar-refractivity contribution in [3.63, 3.8) is 0 Å². The van der Waals surface area contributed by atoms with Crippen molar-refractivity contribution >= 4 is 5.97 Å². The van der Waals surface area contributed by atoms with E-state index in [2.05, 4.69) is 4.90 Å². The summed E-state index contributed by atoms with van der Waals surface area (Å²) in [5, 5.41) is 0. The first-order valence-corrected chi connectivity index (χ1v) is 6.16. The lowest BCUT2D eigenvalue weighted by atomic mass is 10.1. The molecule has 1 atom stereocenters. The van der Waals surface area contributed by atoms with Crippen LogP contribution in [0.1, 0.15) is 46.0 Å². The number of carbonyl (C=O) groups is 1. The lowest BCUT2D eigenvalue weighted by Gasteiger charge is -2.28. The maximum absolute atomic E-state index is 11.6. The van der Waals surface area contributed by atoms with E-state index in [0.717, 1.165) is 13.1 Å². The van der Waals surface area contributed by atoms with Crippen LogP contribution in [0.5, 0.6) is 0 Å². The molecular formula is C12H23NO2. The summed E-state index contributed by atoms with van der Waals surface area (Å²) in [4.78, 5) is 13.8. The molecule has 15 heavy (non-hydrogen) atoms. The van der Waals surface area contributed by atoms with Gasteiger partial charge in [-0.1, -0.05) is 19.3 Å². The molecule has 0 aliphatic carbocycles. The Kier molecular flexibility index (Phi) is 5.69. The molecule has 1 aliphatic heterocycles. The van der Waals surface area contributed by atoms with Gasteiger partial charge in [-0.25, -0.2) is 0 Å². The van der Waals surface area contributed by atoms with Crippen LogP contribution in [0.4, 0.5) is 0 Å². The summed E-state index contributed by atoms with van der Waals surface area (Å²) in [6.45, 7) is 6.38. The minimum Gasteiger partial charge on any atom is -0.465 e. The average Bonchev–Trinajstić information content (AvgIpc) is 2.16. The maximum atomic E-state index is 11.6. The fraction of sp³-hybridized carbons (Fsp3) is 0.917. The first-order valence-electron chi connectivity index (χ1n) is 6.16. The van der Waals surface area contributed by atoms with Crippen LogP contribution < -0.4 is 0 Å². The molecule has 88 valence electrons. The summed E-state index contributed by atoms with van der Waals surface area (Å²) >= 11 is 0. The van der Waals surface area contributed by atoms with Gasteiger partial charge >= 0.3 is 5.97 Å². The lowest BCUT2D eigenvalue weighted by molar-refractivity contribution is -0.149. The smallest absolute Gasteiger partial charge is 0.323 e. The number of hydrogen-bond acceptors (Lipinski definition) is 3. The summed E-state index contributed by atoms with van der Waals surface area (Å²) in [5.41, 5.74) is 0. The Bertz CT molecular complexity index is 186. The summed E-state index contributed by atoms with van der Waals surface area (Å²) < 4.78 is 5.05. The summed E-state index contributed by atoms with van der Waals surface area (Å²) in [7, 11) is 0. The number of ether oxygens (including phenoxy) is 1. The molecule has 0 spiro atoms. The zero-order chi connectivity index (χ0) is 11.1. The molecular weight excluding hydrogens is 190 g/mol. The molecule has 0 aromatic heterocycles. The zero-order valence-electron chi connectivity index (χ0n) is 10.00. The molecule has 1 rings (SSSR count). The van der Waals surface area contributed by atoms with Crippen molar-refractivity contribution in [1.82, 2.24) is 4.90 Å². The molecule has 0 aromatic carbocycles. The highest BCUT2D eigenvalue weighted by Gasteiger charge is 2.22. The second kappa shape index (κ2) is 6.83. The predicted molar refractivity (Wildman–Crippen MR) is 60.8 cm³/mol. The third kappa shape index (κ3) is 4.20. The SMILES string of the molecule is CCOC(=O)C(C)N1CCCCCCC1. The monoisotopic (exact) mass is 213 g/mol. The molecule has 0 N–H and O–H groups in total. The highest BCUT2D eigenvalue weighted by atomic mass is 16.5. The van der Waals surface area contributed by atoms with Crippen LogP contribution in [0.15, 0.2) is 0 Å². The minimum absolute atomic E-state index is 0.0666. The van der Waals surface area contributed by atoms with Crippen LogP contribution in [0, 0.1) is 0 Å². The number of nitrogens with zero attached hydrogens (tertiary/aromatic N) is 1. The van der Waals surface area contributed by atoms with Crippen molar-refractivity contribution in [2.24, 2.45) is 0 Å². The summed E-state index contributed by atoms with van der Waals surface area (Å²) in [5.74, 6) is -0.0712. The van der Waals surface area contributed by atoms with Gasteiger partial charge in [-0.05, 0) is 39.8 Å². The number of hydrogen-bond donors (Lipinski definition) is 0. The van der Waals surface area contributed by atoms with Crippen molar-refractivity contribution in [1.29, 1.82) is 0 Å². The lowest BCUT2D eigenvalue weighted by Crippen LogP contribution is -2.41. The number of rotatable bonds is 3. The number of carbonyl (C=O) groups excluding carboxylic acids is 1. The normalized spacial score (nSPS) is 21.5. The number of esters is 1. The van der Waals surface area contributed by atoms with Crippen LogP contribution in [0.3, 0.4) is 0 Å². The Morgan fingerprint density at radius 3 is 2.27 bits per heavy atom. The van der Waals surface area contributed by atoms with E-state index in [-0.39, 0.29) is 12.0 Å². The van der Waals surface area contributed by atoms with Crippen molar-refractivity contribution < 1.29 is 9.53 Å². The average molecular weight is 213 g/mol.